The van der Waals surface area contributed by atoms with Crippen molar-refractivity contribution in [1.29, 1.82) is 0 Å². The van der Waals surface area contributed by atoms with Gasteiger partial charge in [0.05, 0.1) is 12.2 Å². The van der Waals surface area contributed by atoms with Crippen LogP contribution in [0.2, 0.25) is 5.15 Å². The average Bonchev–Trinajstić information content (AvgIpc) is 3.11. The highest BCUT2D eigenvalue weighted by molar-refractivity contribution is 7.15. The molecule has 3 rings (SSSR count). The number of nitrogens with one attached hydrogen (secondary N) is 2. The molecule has 3 aromatic heterocycles. The van der Waals surface area contributed by atoms with Crippen LogP contribution in [0.1, 0.15) is 11.5 Å². The SMILES string of the molecule is O=C(C=Cc1c(Cl)nc2sccn12)NCc1nn[nH]n1. The molecular formula is C10H8ClN7OS. The number of carbonyl (C=O) groups is 1. The molecule has 20 heavy (non-hydrogen) atoms. The van der Waals surface area contributed by atoms with Gasteiger partial charge in [-0.2, -0.15) is 5.21 Å². The molecule has 3 aromatic rings. The predicted octanol–water partition coefficient (Wildman–Crippen LogP) is 0.892. The number of hydrogen-bond donors (Lipinski definition) is 2. The lowest BCUT2D eigenvalue weighted by Crippen LogP contribution is -2.21. The van der Waals surface area contributed by atoms with Crippen molar-refractivity contribution >= 4 is 39.9 Å². The number of rotatable bonds is 4. The van der Waals surface area contributed by atoms with Crippen LogP contribution < -0.4 is 5.32 Å². The van der Waals surface area contributed by atoms with Crippen molar-refractivity contribution < 1.29 is 4.79 Å². The van der Waals surface area contributed by atoms with Gasteiger partial charge >= 0.3 is 0 Å². The molecule has 102 valence electrons. The first-order valence-corrected chi connectivity index (χ1v) is 6.79. The molecule has 0 radical (unpaired) electrons. The molecule has 0 fully saturated rings. The van der Waals surface area contributed by atoms with E-state index in [0.717, 1.165) is 4.96 Å². The summed E-state index contributed by atoms with van der Waals surface area (Å²) in [5, 5.41) is 18.0. The molecule has 8 nitrogen and oxygen atoms in total. The Morgan fingerprint density at radius 2 is 2.50 bits per heavy atom. The summed E-state index contributed by atoms with van der Waals surface area (Å²) in [7, 11) is 0. The van der Waals surface area contributed by atoms with E-state index in [1.807, 2.05) is 16.0 Å². The van der Waals surface area contributed by atoms with Crippen LogP contribution in [0.5, 0.6) is 0 Å². The molecule has 10 heteroatoms. The van der Waals surface area contributed by atoms with Crippen molar-refractivity contribution in [3.63, 3.8) is 0 Å². The van der Waals surface area contributed by atoms with Crippen LogP contribution >= 0.6 is 22.9 Å². The van der Waals surface area contributed by atoms with E-state index in [1.54, 1.807) is 6.08 Å². The molecule has 0 unspecified atom stereocenters. The van der Waals surface area contributed by atoms with Gasteiger partial charge in [0.15, 0.2) is 15.9 Å². The second kappa shape index (κ2) is 5.39. The molecule has 0 aromatic carbocycles. The molecule has 2 N–H and O–H groups in total. The molecule has 0 aliphatic heterocycles. The molecule has 0 saturated carbocycles. The molecule has 0 saturated heterocycles. The first-order chi connectivity index (χ1) is 9.74. The Morgan fingerprint density at radius 1 is 1.60 bits per heavy atom. The number of tetrazole rings is 1. The fourth-order valence-electron chi connectivity index (χ4n) is 1.56. The Bertz CT molecular complexity index is 760. The number of nitrogens with zero attached hydrogens (tertiary/aromatic N) is 5. The van der Waals surface area contributed by atoms with E-state index in [2.05, 4.69) is 30.9 Å². The third kappa shape index (κ3) is 2.53. The maximum Gasteiger partial charge on any atom is 0.244 e. The minimum atomic E-state index is -0.281. The Balaban J connectivity index is 1.68. The van der Waals surface area contributed by atoms with E-state index in [0.29, 0.717) is 16.7 Å². The maximum atomic E-state index is 11.7. The van der Waals surface area contributed by atoms with Crippen LogP contribution in [0.25, 0.3) is 11.0 Å². The zero-order valence-electron chi connectivity index (χ0n) is 9.95. The minimum absolute atomic E-state index is 0.202. The first kappa shape index (κ1) is 12.8. The van der Waals surface area contributed by atoms with Gasteiger partial charge in [0.2, 0.25) is 5.91 Å². The quantitative estimate of drug-likeness (QED) is 0.697. The van der Waals surface area contributed by atoms with Gasteiger partial charge in [-0.15, -0.1) is 21.5 Å². The number of fused-ring (bicyclic) bond motifs is 1. The number of amides is 1. The van der Waals surface area contributed by atoms with E-state index in [1.165, 1.54) is 17.4 Å². The number of H-pyrrole nitrogens is 1. The van der Waals surface area contributed by atoms with Gasteiger partial charge in [-0.25, -0.2) is 4.98 Å². The van der Waals surface area contributed by atoms with Gasteiger partial charge < -0.3 is 5.32 Å². The molecule has 0 aliphatic rings. The summed E-state index contributed by atoms with van der Waals surface area (Å²) in [5.74, 6) is 0.130. The van der Waals surface area contributed by atoms with Crippen molar-refractivity contribution in [1.82, 2.24) is 35.3 Å². The predicted molar refractivity (Wildman–Crippen MR) is 73.1 cm³/mol. The molecule has 3 heterocycles. The van der Waals surface area contributed by atoms with Gasteiger partial charge in [-0.3, -0.25) is 9.20 Å². The Morgan fingerprint density at radius 3 is 3.30 bits per heavy atom. The summed E-state index contributed by atoms with van der Waals surface area (Å²) in [6.45, 7) is 0.202. The van der Waals surface area contributed by atoms with Crippen LogP contribution in [0.4, 0.5) is 0 Å². The van der Waals surface area contributed by atoms with Crippen LogP contribution in [-0.4, -0.2) is 35.9 Å². The van der Waals surface area contributed by atoms with Gasteiger partial charge in [-0.05, 0) is 6.08 Å². The fraction of sp³-hybridized carbons (Fsp3) is 0.100. The van der Waals surface area contributed by atoms with E-state index in [-0.39, 0.29) is 12.5 Å². The highest BCUT2D eigenvalue weighted by atomic mass is 35.5. The van der Waals surface area contributed by atoms with Crippen LogP contribution in [0.15, 0.2) is 17.7 Å². The zero-order chi connectivity index (χ0) is 13.9. The van der Waals surface area contributed by atoms with Crippen LogP contribution in [0, 0.1) is 0 Å². The Labute approximate surface area is 121 Å². The van der Waals surface area contributed by atoms with Crippen molar-refractivity contribution in [2.75, 3.05) is 0 Å². The summed E-state index contributed by atoms with van der Waals surface area (Å²) in [6, 6.07) is 0. The van der Waals surface area contributed by atoms with Crippen molar-refractivity contribution in [2.45, 2.75) is 6.54 Å². The van der Waals surface area contributed by atoms with E-state index < -0.39 is 0 Å². The minimum Gasteiger partial charge on any atom is -0.345 e. The van der Waals surface area contributed by atoms with Crippen LogP contribution in [-0.2, 0) is 11.3 Å². The van der Waals surface area contributed by atoms with Gasteiger partial charge in [0, 0.05) is 17.7 Å². The lowest BCUT2D eigenvalue weighted by molar-refractivity contribution is -0.116. The Hall–Kier alpha value is -2.26. The van der Waals surface area contributed by atoms with Gasteiger partial charge in [0.25, 0.3) is 0 Å². The maximum absolute atomic E-state index is 11.7. The number of carbonyl (C=O) groups excluding carboxylic acids is 1. The Kier molecular flexibility index (Phi) is 3.44. The third-order valence-electron chi connectivity index (χ3n) is 2.46. The lowest BCUT2D eigenvalue weighted by Gasteiger charge is -1.96. The van der Waals surface area contributed by atoms with Crippen LogP contribution in [0.3, 0.4) is 0 Å². The topological polar surface area (TPSA) is 101 Å². The highest BCUT2D eigenvalue weighted by Gasteiger charge is 2.08. The normalized spacial score (nSPS) is 11.4. The first-order valence-electron chi connectivity index (χ1n) is 5.53. The summed E-state index contributed by atoms with van der Waals surface area (Å²) in [6.07, 6.45) is 4.84. The number of halogens is 1. The third-order valence-corrected chi connectivity index (χ3v) is 3.49. The lowest BCUT2D eigenvalue weighted by atomic mass is 10.4. The molecule has 1 amide bonds. The summed E-state index contributed by atoms with van der Waals surface area (Å²) in [4.78, 5) is 16.6. The number of aromatic nitrogens is 6. The monoisotopic (exact) mass is 309 g/mol. The summed E-state index contributed by atoms with van der Waals surface area (Å²) < 4.78 is 1.82. The molecule has 0 spiro atoms. The highest BCUT2D eigenvalue weighted by Crippen LogP contribution is 2.22. The number of hydrogen-bond acceptors (Lipinski definition) is 6. The largest absolute Gasteiger partial charge is 0.345 e. The number of aromatic amines is 1. The molecule has 0 bridgehead atoms. The van der Waals surface area contributed by atoms with Crippen molar-refractivity contribution in [3.8, 4) is 0 Å². The van der Waals surface area contributed by atoms with Gasteiger partial charge in [-0.1, -0.05) is 16.8 Å². The molecule has 0 atom stereocenters. The van der Waals surface area contributed by atoms with E-state index >= 15 is 0 Å². The van der Waals surface area contributed by atoms with E-state index in [4.69, 9.17) is 11.6 Å². The second-order valence-corrected chi connectivity index (χ2v) is 4.95. The second-order valence-electron chi connectivity index (χ2n) is 3.72. The van der Waals surface area contributed by atoms with Gasteiger partial charge in [0.1, 0.15) is 0 Å². The summed E-state index contributed by atoms with van der Waals surface area (Å²) in [5.41, 5.74) is 0.664. The van der Waals surface area contributed by atoms with E-state index in [9.17, 15) is 4.79 Å². The zero-order valence-corrected chi connectivity index (χ0v) is 11.5. The average molecular weight is 310 g/mol. The summed E-state index contributed by atoms with van der Waals surface area (Å²) >= 11 is 7.48. The number of thiazole rings is 1. The standard InChI is InChI=1S/C10H8ClN7OS/c11-9-6(18-3-4-20-10(18)13-9)1-2-8(19)12-5-7-14-16-17-15-7/h1-4H,5H2,(H,12,19)(H,14,15,16,17). The molecule has 0 aliphatic carbocycles. The smallest absolute Gasteiger partial charge is 0.244 e. The van der Waals surface area contributed by atoms with Crippen molar-refractivity contribution in [2.24, 2.45) is 0 Å². The molecular weight excluding hydrogens is 302 g/mol. The number of imidazole rings is 1. The van der Waals surface area contributed by atoms with Crippen molar-refractivity contribution in [3.05, 3.63) is 34.3 Å². The fourth-order valence-corrected chi connectivity index (χ4v) is 2.57.